The van der Waals surface area contributed by atoms with Gasteiger partial charge in [0.25, 0.3) is 17.7 Å². The molecule has 9 heteroatoms. The van der Waals surface area contributed by atoms with Crippen LogP contribution in [0.3, 0.4) is 0 Å². The zero-order valence-corrected chi connectivity index (χ0v) is 17.1. The second-order valence-corrected chi connectivity index (χ2v) is 6.99. The minimum Gasteiger partial charge on any atom is -0.354 e. The third-order valence-electron chi connectivity index (χ3n) is 4.97. The Hall–Kier alpha value is -3.49. The van der Waals surface area contributed by atoms with Gasteiger partial charge in [-0.25, -0.2) is 0 Å². The SMILES string of the molecule is CCn1cc(NC(=O)CCCCCN2C(=O)c3ccccc3C2=O)c(C(=O)NC)n1. The fourth-order valence-electron chi connectivity index (χ4n) is 3.35. The van der Waals surface area contributed by atoms with Crippen LogP contribution >= 0.6 is 0 Å². The summed E-state index contributed by atoms with van der Waals surface area (Å²) in [7, 11) is 1.51. The largest absolute Gasteiger partial charge is 0.354 e. The summed E-state index contributed by atoms with van der Waals surface area (Å²) < 4.78 is 1.59. The number of aryl methyl sites for hydroxylation is 1. The van der Waals surface area contributed by atoms with Gasteiger partial charge in [0, 0.05) is 32.8 Å². The Morgan fingerprint density at radius 1 is 1.03 bits per heavy atom. The standard InChI is InChI=1S/C21H25N5O4/c1-3-25-13-16(18(24-25)19(28)22-2)23-17(27)11-5-4-8-12-26-20(29)14-9-6-7-10-15(14)21(26)30/h6-7,9-10,13H,3-5,8,11-12H2,1-2H3,(H,22,28)(H,23,27). The lowest BCUT2D eigenvalue weighted by Gasteiger charge is -2.13. The molecule has 0 spiro atoms. The van der Waals surface area contributed by atoms with Gasteiger partial charge < -0.3 is 10.6 Å². The first-order valence-electron chi connectivity index (χ1n) is 10.0. The van der Waals surface area contributed by atoms with Crippen LogP contribution in [-0.4, -0.2) is 51.9 Å². The molecule has 1 aliphatic heterocycles. The van der Waals surface area contributed by atoms with Crippen molar-refractivity contribution in [3.8, 4) is 0 Å². The summed E-state index contributed by atoms with van der Waals surface area (Å²) >= 11 is 0. The van der Waals surface area contributed by atoms with E-state index in [-0.39, 0.29) is 35.7 Å². The van der Waals surface area contributed by atoms with Crippen molar-refractivity contribution < 1.29 is 19.2 Å². The number of carbonyl (C=O) groups excluding carboxylic acids is 4. The number of fused-ring (bicyclic) bond motifs is 1. The predicted molar refractivity (Wildman–Crippen MR) is 110 cm³/mol. The van der Waals surface area contributed by atoms with Gasteiger partial charge in [-0.15, -0.1) is 0 Å². The highest BCUT2D eigenvalue weighted by atomic mass is 16.2. The Morgan fingerprint density at radius 2 is 1.70 bits per heavy atom. The number of nitrogens with one attached hydrogen (secondary N) is 2. The van der Waals surface area contributed by atoms with Crippen molar-refractivity contribution in [3.63, 3.8) is 0 Å². The third-order valence-corrected chi connectivity index (χ3v) is 4.97. The van der Waals surface area contributed by atoms with E-state index < -0.39 is 0 Å². The second kappa shape index (κ2) is 9.34. The summed E-state index contributed by atoms with van der Waals surface area (Å²) in [6.45, 7) is 2.80. The molecule has 0 saturated carbocycles. The highest BCUT2D eigenvalue weighted by Crippen LogP contribution is 2.23. The molecule has 3 rings (SSSR count). The normalized spacial score (nSPS) is 12.8. The summed E-state index contributed by atoms with van der Waals surface area (Å²) in [5, 5.41) is 9.40. The van der Waals surface area contributed by atoms with Crippen molar-refractivity contribution in [1.29, 1.82) is 0 Å². The smallest absolute Gasteiger partial charge is 0.273 e. The quantitative estimate of drug-likeness (QED) is 0.484. The number of amides is 4. The molecule has 2 heterocycles. The van der Waals surface area contributed by atoms with Crippen LogP contribution in [0.5, 0.6) is 0 Å². The van der Waals surface area contributed by atoms with E-state index in [1.165, 1.54) is 11.9 Å². The van der Waals surface area contributed by atoms with Gasteiger partial charge in [-0.3, -0.25) is 28.8 Å². The number of aromatic nitrogens is 2. The number of hydrogen-bond donors (Lipinski definition) is 2. The van der Waals surface area contributed by atoms with Gasteiger partial charge in [0.2, 0.25) is 5.91 Å². The molecule has 0 radical (unpaired) electrons. The lowest BCUT2D eigenvalue weighted by molar-refractivity contribution is -0.116. The minimum atomic E-state index is -0.363. The molecule has 0 fully saturated rings. The third kappa shape index (κ3) is 4.40. The van der Waals surface area contributed by atoms with Crippen LogP contribution in [0.2, 0.25) is 0 Å². The summed E-state index contributed by atoms with van der Waals surface area (Å²) in [4.78, 5) is 50.1. The summed E-state index contributed by atoms with van der Waals surface area (Å²) in [6.07, 6.45) is 3.82. The number of rotatable bonds is 9. The van der Waals surface area contributed by atoms with Crippen LogP contribution < -0.4 is 10.6 Å². The molecule has 0 aliphatic carbocycles. The summed E-state index contributed by atoms with van der Waals surface area (Å²) in [6, 6.07) is 6.80. The number of unbranched alkanes of at least 4 members (excludes halogenated alkanes) is 2. The fourth-order valence-corrected chi connectivity index (χ4v) is 3.35. The summed E-state index contributed by atoms with van der Waals surface area (Å²) in [5.74, 6) is -1.10. The minimum absolute atomic E-state index is 0.179. The Bertz CT molecular complexity index is 947. The molecule has 0 atom stereocenters. The van der Waals surface area contributed by atoms with E-state index in [2.05, 4.69) is 15.7 Å². The van der Waals surface area contributed by atoms with Crippen molar-refractivity contribution in [2.75, 3.05) is 18.9 Å². The lowest BCUT2D eigenvalue weighted by Crippen LogP contribution is -2.30. The molecule has 2 aromatic rings. The Balaban J connectivity index is 1.44. The molecule has 4 amide bonds. The van der Waals surface area contributed by atoms with E-state index in [4.69, 9.17) is 0 Å². The van der Waals surface area contributed by atoms with Gasteiger partial charge in [0.1, 0.15) is 0 Å². The maximum atomic E-state index is 12.3. The van der Waals surface area contributed by atoms with Crippen LogP contribution in [0.4, 0.5) is 5.69 Å². The summed E-state index contributed by atoms with van der Waals surface area (Å²) in [5.41, 5.74) is 1.45. The Labute approximate surface area is 174 Å². The van der Waals surface area contributed by atoms with E-state index in [0.29, 0.717) is 49.2 Å². The Morgan fingerprint density at radius 3 is 2.30 bits per heavy atom. The topological polar surface area (TPSA) is 113 Å². The van der Waals surface area contributed by atoms with Crippen LogP contribution in [0, 0.1) is 0 Å². The van der Waals surface area contributed by atoms with Gasteiger partial charge in [0.15, 0.2) is 5.69 Å². The molecular weight excluding hydrogens is 386 g/mol. The highest BCUT2D eigenvalue weighted by molar-refractivity contribution is 6.21. The first-order valence-corrected chi connectivity index (χ1v) is 10.0. The van der Waals surface area contributed by atoms with Gasteiger partial charge >= 0.3 is 0 Å². The lowest BCUT2D eigenvalue weighted by atomic mass is 10.1. The van der Waals surface area contributed by atoms with Crippen molar-refractivity contribution in [2.45, 2.75) is 39.2 Å². The van der Waals surface area contributed by atoms with Crippen LogP contribution in [-0.2, 0) is 11.3 Å². The monoisotopic (exact) mass is 411 g/mol. The van der Waals surface area contributed by atoms with E-state index in [1.807, 2.05) is 6.92 Å². The van der Waals surface area contributed by atoms with Gasteiger partial charge in [0.05, 0.1) is 16.8 Å². The number of benzene rings is 1. The second-order valence-electron chi connectivity index (χ2n) is 6.99. The van der Waals surface area contributed by atoms with E-state index in [9.17, 15) is 19.2 Å². The zero-order valence-electron chi connectivity index (χ0n) is 17.1. The van der Waals surface area contributed by atoms with E-state index in [0.717, 1.165) is 0 Å². The number of nitrogens with zero attached hydrogens (tertiary/aromatic N) is 3. The molecule has 1 aliphatic rings. The van der Waals surface area contributed by atoms with Gasteiger partial charge in [-0.05, 0) is 31.9 Å². The van der Waals surface area contributed by atoms with Crippen molar-refractivity contribution >= 4 is 29.3 Å². The number of carbonyl (C=O) groups is 4. The molecule has 0 saturated heterocycles. The van der Waals surface area contributed by atoms with Crippen LogP contribution in [0.25, 0.3) is 0 Å². The molecule has 0 bridgehead atoms. The molecule has 2 N–H and O–H groups in total. The molecule has 30 heavy (non-hydrogen) atoms. The fraction of sp³-hybridized carbons (Fsp3) is 0.381. The highest BCUT2D eigenvalue weighted by Gasteiger charge is 2.34. The molecule has 9 nitrogen and oxygen atoms in total. The van der Waals surface area contributed by atoms with Gasteiger partial charge in [-0.1, -0.05) is 18.6 Å². The molecule has 158 valence electrons. The van der Waals surface area contributed by atoms with Crippen LogP contribution in [0.1, 0.15) is 63.8 Å². The van der Waals surface area contributed by atoms with E-state index >= 15 is 0 Å². The Kier molecular flexibility index (Phi) is 6.61. The number of imide groups is 1. The molecule has 0 unspecified atom stereocenters. The molecule has 1 aromatic carbocycles. The van der Waals surface area contributed by atoms with E-state index in [1.54, 1.807) is 35.1 Å². The van der Waals surface area contributed by atoms with Crippen molar-refractivity contribution in [2.24, 2.45) is 0 Å². The van der Waals surface area contributed by atoms with Crippen LogP contribution in [0.15, 0.2) is 30.5 Å². The molecule has 1 aromatic heterocycles. The predicted octanol–water partition coefficient (Wildman–Crippen LogP) is 2.06. The van der Waals surface area contributed by atoms with Crippen molar-refractivity contribution in [3.05, 3.63) is 47.3 Å². The average molecular weight is 411 g/mol. The van der Waals surface area contributed by atoms with Crippen molar-refractivity contribution in [1.82, 2.24) is 20.0 Å². The molecular formula is C21H25N5O4. The number of anilines is 1. The van der Waals surface area contributed by atoms with Gasteiger partial charge in [-0.2, -0.15) is 5.10 Å². The maximum absolute atomic E-state index is 12.3. The number of hydrogen-bond acceptors (Lipinski definition) is 5. The average Bonchev–Trinajstić information content (AvgIpc) is 3.27. The first kappa shape index (κ1) is 21.2. The first-order chi connectivity index (χ1) is 14.5. The zero-order chi connectivity index (χ0) is 21.7. The maximum Gasteiger partial charge on any atom is 0.273 e.